The number of allylic oxidation sites excluding steroid dienone is 6. The second kappa shape index (κ2) is 24.5. The Morgan fingerprint density at radius 1 is 0.770 bits per heavy atom. The minimum Gasteiger partial charge on any atom is -1.00 e. The van der Waals surface area contributed by atoms with Gasteiger partial charge in [-0.2, -0.15) is 0 Å². The van der Waals surface area contributed by atoms with Crippen molar-refractivity contribution in [1.29, 1.82) is 0 Å². The molecule has 10 nitrogen and oxygen atoms in total. The van der Waals surface area contributed by atoms with Crippen molar-refractivity contribution < 1.29 is 59.2 Å². The summed E-state index contributed by atoms with van der Waals surface area (Å²) in [6, 6.07) is -1.12. The average molecular weight is 904 g/mol. The monoisotopic (exact) mass is 903 g/mol. The topological polar surface area (TPSA) is 164 Å². The van der Waals surface area contributed by atoms with Crippen molar-refractivity contribution in [2.45, 2.75) is 193 Å². The first-order chi connectivity index (χ1) is 28.1. The van der Waals surface area contributed by atoms with Crippen LogP contribution in [0.25, 0.3) is 10.6 Å². The van der Waals surface area contributed by atoms with Crippen LogP contribution in [0.5, 0.6) is 0 Å². The number of aliphatic hydroxyl groups excluding tert-OH is 1. The first-order valence-electron chi connectivity index (χ1n) is 22.3. The molecule has 2 fully saturated rings. The minimum absolute atomic E-state index is 0. The maximum Gasteiger partial charge on any atom is 3.00 e. The van der Waals surface area contributed by atoms with E-state index in [1.807, 2.05) is 6.08 Å². The van der Waals surface area contributed by atoms with Crippen molar-refractivity contribution >= 4 is 18.2 Å². The summed E-state index contributed by atoms with van der Waals surface area (Å²) in [6.07, 6.45) is 17.9. The molecule has 5 aliphatic rings. The summed E-state index contributed by atoms with van der Waals surface area (Å²) in [7, 11) is 0. The van der Waals surface area contributed by atoms with E-state index in [1.165, 1.54) is 27.9 Å². The maximum absolute atomic E-state index is 12.9. The van der Waals surface area contributed by atoms with Gasteiger partial charge < -0.3 is 49.0 Å². The molecule has 0 aliphatic carbocycles. The van der Waals surface area contributed by atoms with Gasteiger partial charge in [0.05, 0.1) is 6.10 Å². The standard InChI is InChI=1S/C49H72N4O6.ClH.Fe/c1-9-34-31(6)39-25-45-49(46(55)18-12-17-30(5)16-11-15-29(4)14-10-13-28(2)3)33(8)40(52-45)24-44-37(27-54)36(20-22-48(58)59)43(53-44)26-42-35(19-21-47(56)57)32(7)38(51-42)23-41(34)50-39;;/h9,13,15,17,27,32,35,38-46,50,53,55H,1,10-12,14,16,18-26H2,2-8H3,(H,56,57)(H,58,59);1H;/q-2;;+3/p-1/b29-15+,30-17+;;. The number of halogens is 1. The Kier molecular flexibility index (Phi) is 21.1. The average Bonchev–Trinajstić information content (AvgIpc) is 3.85. The van der Waals surface area contributed by atoms with E-state index in [0.29, 0.717) is 37.7 Å². The zero-order valence-corrected chi connectivity index (χ0v) is 39.4. The van der Waals surface area contributed by atoms with Crippen molar-refractivity contribution in [3.05, 3.63) is 91.7 Å². The number of hydrogen-bond acceptors (Lipinski definition) is 6. The largest absolute Gasteiger partial charge is 3.00 e. The molecule has 61 heavy (non-hydrogen) atoms. The Labute approximate surface area is 382 Å². The molecule has 1 radical (unpaired) electrons. The van der Waals surface area contributed by atoms with E-state index in [2.05, 4.69) is 83.9 Å². The number of nitrogens with zero attached hydrogens (tertiary/aromatic N) is 2. The van der Waals surface area contributed by atoms with Gasteiger partial charge in [-0.3, -0.25) is 14.4 Å². The molecule has 12 heteroatoms. The van der Waals surface area contributed by atoms with Crippen molar-refractivity contribution in [3.63, 3.8) is 0 Å². The van der Waals surface area contributed by atoms with Gasteiger partial charge >= 0.3 is 29.0 Å². The molecule has 5 aliphatic heterocycles. The molecule has 0 aromatic heterocycles. The number of hydrogen-bond donors (Lipinski definition) is 5. The third kappa shape index (κ3) is 13.7. The summed E-state index contributed by atoms with van der Waals surface area (Å²) >= 11 is 0. The summed E-state index contributed by atoms with van der Waals surface area (Å²) in [5.41, 5.74) is 9.99. The second-order valence-corrected chi connectivity index (χ2v) is 18.4. The van der Waals surface area contributed by atoms with Crippen LogP contribution in [-0.2, 0) is 31.5 Å². The molecule has 0 aromatic carbocycles. The van der Waals surface area contributed by atoms with E-state index >= 15 is 0 Å². The van der Waals surface area contributed by atoms with Gasteiger partial charge in [0.2, 0.25) is 0 Å². The van der Waals surface area contributed by atoms with Gasteiger partial charge in [0.25, 0.3) is 0 Å². The Morgan fingerprint density at radius 2 is 1.36 bits per heavy atom. The fourth-order valence-electron chi connectivity index (χ4n) is 10.7. The molecular formula is C49H72ClFeN4O6. The SMILES string of the molecule is C=CC1=C(C)C2CC3[N-]C(CC4NC(CC5[N-]C(CC1N2)C(C)C5CCC(=O)O)C(CCC(=O)O)=C4C=O)C(C)=C3C(O)CC/C=C(\C)CC/C=C(\C)CCC=C(C)C.[Cl-].[Fe+3]. The number of rotatable bonds is 18. The molecule has 5 rings (SSSR count). The second-order valence-electron chi connectivity index (χ2n) is 18.4. The third-order valence-electron chi connectivity index (χ3n) is 14.1. The van der Waals surface area contributed by atoms with Gasteiger partial charge in [0.1, 0.15) is 6.29 Å². The van der Waals surface area contributed by atoms with Crippen LogP contribution in [0.4, 0.5) is 0 Å². The number of carboxylic acid groups (broad SMARTS) is 2. The Balaban J connectivity index is 0.00000496. The molecule has 0 aromatic rings. The number of fused-ring (bicyclic) bond motifs is 8. The maximum atomic E-state index is 12.9. The van der Waals surface area contributed by atoms with Crippen LogP contribution in [0, 0.1) is 11.8 Å². The van der Waals surface area contributed by atoms with Crippen molar-refractivity contribution in [2.75, 3.05) is 0 Å². The van der Waals surface area contributed by atoms with Crippen LogP contribution < -0.4 is 23.0 Å². The summed E-state index contributed by atoms with van der Waals surface area (Å²) in [5.74, 6) is -1.55. The number of aldehydes is 1. The zero-order chi connectivity index (χ0) is 43.0. The Bertz CT molecular complexity index is 1760. The van der Waals surface area contributed by atoms with E-state index < -0.39 is 18.0 Å². The van der Waals surface area contributed by atoms with E-state index in [0.717, 1.165) is 61.5 Å². The molecule has 0 spiro atoms. The molecule has 0 saturated carbocycles. The molecule has 5 heterocycles. The molecule has 8 bridgehead atoms. The number of carbonyl (C=O) groups excluding carboxylic acids is 1. The fraction of sp³-hybridized carbons (Fsp3) is 0.653. The molecule has 11 atom stereocenters. The van der Waals surface area contributed by atoms with Gasteiger partial charge in [0.15, 0.2) is 0 Å². The van der Waals surface area contributed by atoms with Gasteiger partial charge in [-0.25, -0.2) is 0 Å². The van der Waals surface area contributed by atoms with Crippen LogP contribution in [0.15, 0.2) is 81.0 Å². The minimum atomic E-state index is -0.917. The predicted octanol–water partition coefficient (Wildman–Crippen LogP) is 6.35. The normalized spacial score (nSPS) is 30.8. The third-order valence-corrected chi connectivity index (χ3v) is 14.1. The number of aliphatic carboxylic acids is 2. The quantitative estimate of drug-likeness (QED) is 0.0604. The van der Waals surface area contributed by atoms with Gasteiger partial charge in [-0.05, 0) is 130 Å². The molecule has 11 unspecified atom stereocenters. The summed E-state index contributed by atoms with van der Waals surface area (Å²) in [5, 5.41) is 49.9. The van der Waals surface area contributed by atoms with Crippen molar-refractivity contribution in [1.82, 2.24) is 10.6 Å². The zero-order valence-electron chi connectivity index (χ0n) is 37.5. The van der Waals surface area contributed by atoms with E-state index in [1.54, 1.807) is 0 Å². The molecular weight excluding hydrogens is 832 g/mol. The Morgan fingerprint density at radius 3 is 1.98 bits per heavy atom. The Hall–Kier alpha value is -2.60. The van der Waals surface area contributed by atoms with Gasteiger partial charge in [-0.15, -0.1) is 24.2 Å². The molecule has 2 saturated heterocycles. The molecule has 339 valence electrons. The van der Waals surface area contributed by atoms with E-state index in [-0.39, 0.29) is 109 Å². The summed E-state index contributed by atoms with van der Waals surface area (Å²) < 4.78 is 0. The van der Waals surface area contributed by atoms with Crippen molar-refractivity contribution in [3.8, 4) is 0 Å². The first-order valence-corrected chi connectivity index (χ1v) is 22.3. The summed E-state index contributed by atoms with van der Waals surface area (Å²) in [6.45, 7) is 19.3. The van der Waals surface area contributed by atoms with Crippen LogP contribution in [0.1, 0.15) is 138 Å². The van der Waals surface area contributed by atoms with Crippen molar-refractivity contribution in [2.24, 2.45) is 11.8 Å². The van der Waals surface area contributed by atoms with Crippen LogP contribution in [-0.4, -0.2) is 88.0 Å². The van der Waals surface area contributed by atoms with Gasteiger partial charge in [0, 0.05) is 42.6 Å². The van der Waals surface area contributed by atoms with E-state index in [9.17, 15) is 29.7 Å². The first kappa shape index (κ1) is 52.7. The fourth-order valence-corrected chi connectivity index (χ4v) is 10.7. The number of carbonyl (C=O) groups is 3. The molecule has 0 amide bonds. The van der Waals surface area contributed by atoms with Crippen LogP contribution >= 0.6 is 0 Å². The van der Waals surface area contributed by atoms with E-state index in [4.69, 9.17) is 10.6 Å². The molecule has 5 N–H and O–H groups in total. The number of nitrogens with one attached hydrogen (secondary N) is 2. The summed E-state index contributed by atoms with van der Waals surface area (Å²) in [4.78, 5) is 36.5. The number of carboxylic acids is 2. The smallest absolute Gasteiger partial charge is 1.00 e. The van der Waals surface area contributed by atoms with Crippen LogP contribution in [0.3, 0.4) is 0 Å². The number of aliphatic hydroxyl groups is 1. The van der Waals surface area contributed by atoms with Crippen LogP contribution in [0.2, 0.25) is 0 Å². The van der Waals surface area contributed by atoms with Gasteiger partial charge in [-0.1, -0.05) is 83.1 Å². The predicted molar refractivity (Wildman–Crippen MR) is 237 cm³/mol.